The molecule has 0 radical (unpaired) electrons. The van der Waals surface area contributed by atoms with E-state index in [0.29, 0.717) is 0 Å². The van der Waals surface area contributed by atoms with E-state index in [0.717, 1.165) is 118 Å². The molecule has 0 amide bonds. The van der Waals surface area contributed by atoms with Crippen molar-refractivity contribution in [2.75, 3.05) is 0 Å². The zero-order valence-electron chi connectivity index (χ0n) is 67.9. The summed E-state index contributed by atoms with van der Waals surface area (Å²) in [4.78, 5) is 23.3. The third-order valence-corrected chi connectivity index (χ3v) is 36.1. The first-order valence-corrected chi connectivity index (χ1v) is 51.8. The molecule has 0 aliphatic rings. The van der Waals surface area contributed by atoms with Crippen LogP contribution in [0, 0.1) is 17.8 Å². The van der Waals surface area contributed by atoms with E-state index in [1.165, 1.54) is 236 Å². The Bertz CT molecular complexity index is 6080. The van der Waals surface area contributed by atoms with Crippen molar-refractivity contribution in [3.05, 3.63) is 251 Å². The number of fused-ring (bicyclic) bond motifs is 3. The highest BCUT2D eigenvalue weighted by molar-refractivity contribution is 7.25. The Morgan fingerprint density at radius 3 is 0.633 bits per heavy atom. The van der Waals surface area contributed by atoms with Crippen molar-refractivity contribution in [2.24, 2.45) is 17.8 Å². The van der Waals surface area contributed by atoms with Crippen LogP contribution in [0.5, 0.6) is 0 Å². The van der Waals surface area contributed by atoms with Crippen LogP contribution >= 0.6 is 137 Å². The van der Waals surface area contributed by atoms with Gasteiger partial charge in [0.1, 0.15) is 33.1 Å². The molecule has 6 nitrogen and oxygen atoms in total. The summed E-state index contributed by atoms with van der Waals surface area (Å²) in [5, 5.41) is 0. The number of aromatic nitrogens is 6. The van der Waals surface area contributed by atoms with Crippen molar-refractivity contribution in [3.8, 4) is 157 Å². The Labute approximate surface area is 752 Å². The first kappa shape index (κ1) is 81.0. The Hall–Kier alpha value is -8.70. The van der Waals surface area contributed by atoms with Crippen LogP contribution in [0.1, 0.15) is 133 Å². The number of unbranched alkanes of at least 4 members (excludes halogenated alkanes) is 3. The maximum absolute atomic E-state index is 4.95. The van der Waals surface area contributed by atoms with Gasteiger partial charge in [0.2, 0.25) is 0 Å². The van der Waals surface area contributed by atoms with E-state index in [1.807, 2.05) is 102 Å². The smallest absolute Gasteiger partial charge is 0.114 e. The van der Waals surface area contributed by atoms with Crippen LogP contribution in [0.25, 0.3) is 190 Å². The van der Waals surface area contributed by atoms with Gasteiger partial charge in [0.15, 0.2) is 0 Å². The van der Waals surface area contributed by atoms with Crippen molar-refractivity contribution < 1.29 is 0 Å². The highest BCUT2D eigenvalue weighted by Gasteiger charge is 2.24. The predicted octanol–water partition coefficient (Wildman–Crippen LogP) is 35.5. The van der Waals surface area contributed by atoms with Crippen LogP contribution in [0.4, 0.5) is 0 Å². The van der Waals surface area contributed by atoms with Crippen LogP contribution in [0.15, 0.2) is 237 Å². The fourth-order valence-corrected chi connectivity index (χ4v) is 28.3. The zero-order valence-corrected chi connectivity index (χ0v) is 77.7. The van der Waals surface area contributed by atoms with Gasteiger partial charge in [-0.2, -0.15) is 26.2 Å². The Morgan fingerprint density at radius 1 is 0.200 bits per heavy atom. The summed E-state index contributed by atoms with van der Waals surface area (Å²) in [6.07, 6.45) is 18.9. The predicted molar refractivity (Wildman–Crippen MR) is 533 cm³/mol. The maximum Gasteiger partial charge on any atom is 0.114 e. The second-order valence-electron chi connectivity index (χ2n) is 31.5. The van der Waals surface area contributed by atoms with Gasteiger partial charge in [-0.3, -0.25) is 0 Å². The Morgan fingerprint density at radius 2 is 0.400 bits per heavy atom. The molecule has 0 saturated carbocycles. The topological polar surface area (TPSA) is 77.3 Å². The maximum atomic E-state index is 4.95. The van der Waals surface area contributed by atoms with Gasteiger partial charge in [-0.05, 0) is 214 Å². The SMILES string of the molecule is CCCCC(CC)Cc1ccc(-c2ccc(-c3ccc(-c4ccc(-c5ccc(-c6cc(-c7ccc(-c8ccc(-c9ccc(-c%10ccc(-c%11ccc(CC(CC)CCCC)s%11)s%10)c%10nsnc9%10)s8)cc7)cc(-c7ccc(-c8ccc(-c9ccc(-c%10ccc(-c%11ccc(CC(CC)CCCC)s%11)s%10)c%10nsnc9%10)s8)cc7)c6)cc5)s4)c4nsnc34)s2)s1. The molecular weight excluding hydrogens is 1690 g/mol. The van der Waals surface area contributed by atoms with E-state index >= 15 is 0 Å². The van der Waals surface area contributed by atoms with E-state index in [-0.39, 0.29) is 0 Å². The third-order valence-electron chi connectivity index (χ3n) is 23.7. The fourth-order valence-electron chi connectivity index (χ4n) is 16.7. The minimum atomic E-state index is 0.757. The number of nitrogens with zero attached hydrogens (tertiary/aromatic N) is 6. The van der Waals surface area contributed by atoms with Crippen LogP contribution in [0.3, 0.4) is 0 Å². The summed E-state index contributed by atoms with van der Waals surface area (Å²) in [6, 6.07) is 89.5. The monoisotopic (exact) mass is 1780 g/mol. The molecule has 3 unspecified atom stereocenters. The van der Waals surface area contributed by atoms with Gasteiger partial charge in [-0.25, -0.2) is 0 Å². The molecule has 7 aromatic carbocycles. The number of thiophene rings is 9. The molecule has 0 N–H and O–H groups in total. The molecular formula is C102H90N6S12. The molecule has 3 atom stereocenters. The molecule has 19 aromatic rings. The summed E-state index contributed by atoms with van der Waals surface area (Å²) in [6.45, 7) is 13.9. The molecule has 18 heteroatoms. The largest absolute Gasteiger partial charge is 0.172 e. The lowest BCUT2D eigenvalue weighted by Gasteiger charge is -2.13. The van der Waals surface area contributed by atoms with Crippen molar-refractivity contribution in [2.45, 2.75) is 138 Å². The lowest BCUT2D eigenvalue weighted by molar-refractivity contribution is 0.452. The summed E-state index contributed by atoms with van der Waals surface area (Å²) in [5.74, 6) is 2.27. The quantitative estimate of drug-likeness (QED) is 0.0408. The molecule has 0 bridgehead atoms. The van der Waals surface area contributed by atoms with Gasteiger partial charge in [-0.1, -0.05) is 228 Å². The van der Waals surface area contributed by atoms with Crippen molar-refractivity contribution in [3.63, 3.8) is 0 Å². The van der Waals surface area contributed by atoms with Gasteiger partial charge in [0.05, 0.1) is 35.2 Å². The summed E-state index contributed by atoms with van der Waals surface area (Å²) < 4.78 is 29.7. The molecule has 0 fully saturated rings. The number of rotatable bonds is 33. The van der Waals surface area contributed by atoms with Crippen LogP contribution in [-0.2, 0) is 19.3 Å². The molecule has 19 rings (SSSR count). The van der Waals surface area contributed by atoms with Crippen molar-refractivity contribution >= 4 is 170 Å². The summed E-state index contributed by atoms with van der Waals surface area (Å²) in [5.41, 5.74) is 23.1. The van der Waals surface area contributed by atoms with Gasteiger partial charge in [0.25, 0.3) is 0 Å². The molecule has 0 aliphatic heterocycles. The van der Waals surface area contributed by atoms with Crippen molar-refractivity contribution in [1.29, 1.82) is 0 Å². The third kappa shape index (κ3) is 17.2. The standard InChI is InChI=1S/C102H90N6S12/c1-7-13-16-61(10-4)55-73-31-40-91(109-73)94-52-49-88(115-94)79-37-34-76(97-100(79)106-118-103-97)85-46-43-82(112-85)67-25-19-64(20-26-67)70-58-71(65-21-27-68(28-22-65)83-44-47-86(113-83)77-35-38-80(101-98(77)104-119-107-101)89-50-53-95(116-89)92-41-32-74(110-92)56-62(11-5)17-14-8-2)60-72(59-70)66-23-29-69(30-24-66)84-45-48-87(114-84)78-36-39-81(102-99(78)105-120-108-102)90-51-54-96(117-90)93-42-33-75(111-93)57-63(12-6)18-15-9-3/h19-54,58-63H,7-18,55-57H2,1-6H3. The average molecular weight is 1780 g/mol. The van der Waals surface area contributed by atoms with Gasteiger partial charge < -0.3 is 0 Å². The normalized spacial score (nSPS) is 12.7. The Kier molecular flexibility index (Phi) is 24.8. The lowest BCUT2D eigenvalue weighted by Crippen LogP contribution is -2.01. The van der Waals surface area contributed by atoms with E-state index < -0.39 is 0 Å². The molecule has 600 valence electrons. The minimum Gasteiger partial charge on any atom is -0.172 e. The lowest BCUT2D eigenvalue weighted by atomic mass is 9.92. The van der Waals surface area contributed by atoms with Crippen LogP contribution in [-0.4, -0.2) is 26.2 Å². The Balaban J connectivity index is 0.585. The zero-order chi connectivity index (χ0) is 81.2. The van der Waals surface area contributed by atoms with Crippen LogP contribution < -0.4 is 0 Å². The van der Waals surface area contributed by atoms with Crippen molar-refractivity contribution in [1.82, 2.24) is 26.2 Å². The second-order valence-corrected chi connectivity index (χ2v) is 43.1. The van der Waals surface area contributed by atoms with E-state index in [1.54, 1.807) is 0 Å². The molecule has 12 heterocycles. The molecule has 12 aromatic heterocycles. The fraction of sp³-hybridized carbons (Fsp3) is 0.235. The summed E-state index contributed by atoms with van der Waals surface area (Å²) in [7, 11) is 0. The molecule has 120 heavy (non-hydrogen) atoms. The number of benzene rings is 7. The molecule has 0 aliphatic carbocycles. The second kappa shape index (κ2) is 36.8. The number of hydrogen-bond donors (Lipinski definition) is 0. The van der Waals surface area contributed by atoms with E-state index in [4.69, 9.17) is 26.2 Å². The first-order chi connectivity index (χ1) is 59.1. The van der Waals surface area contributed by atoms with Gasteiger partial charge >= 0.3 is 0 Å². The molecule has 0 saturated heterocycles. The van der Waals surface area contributed by atoms with E-state index in [2.05, 4.69) is 278 Å². The summed E-state index contributed by atoms with van der Waals surface area (Å²) >= 11 is 20.8. The highest BCUT2D eigenvalue weighted by Crippen LogP contribution is 2.50. The van der Waals surface area contributed by atoms with E-state index in [9.17, 15) is 0 Å². The molecule has 0 spiro atoms. The van der Waals surface area contributed by atoms with Gasteiger partial charge in [0, 0.05) is 121 Å². The average Bonchev–Trinajstić information content (AvgIpc) is 1.61. The van der Waals surface area contributed by atoms with Gasteiger partial charge in [-0.15, -0.1) is 102 Å². The highest BCUT2D eigenvalue weighted by atomic mass is 32.1. The minimum absolute atomic E-state index is 0.757. The van der Waals surface area contributed by atoms with Crippen LogP contribution in [0.2, 0.25) is 0 Å². The first-order valence-electron chi connectivity index (χ1n) is 42.2. The number of hydrogen-bond acceptors (Lipinski definition) is 18.